The van der Waals surface area contributed by atoms with Crippen molar-refractivity contribution in [3.05, 3.63) is 94.1 Å². The van der Waals surface area contributed by atoms with Crippen molar-refractivity contribution in [3.8, 4) is 22.6 Å². The molecule has 230 valence electrons. The van der Waals surface area contributed by atoms with Gasteiger partial charge in [-0.05, 0) is 60.0 Å². The van der Waals surface area contributed by atoms with E-state index in [4.69, 9.17) is 31.8 Å². The Balaban J connectivity index is 1.28. The number of nitrogens with two attached hydrogens (primary N) is 1. The number of aromatic hydroxyl groups is 1. The van der Waals surface area contributed by atoms with Gasteiger partial charge in [-0.1, -0.05) is 41.9 Å². The zero-order chi connectivity index (χ0) is 30.7. The number of fused-ring (bicyclic) bond motifs is 2. The summed E-state index contributed by atoms with van der Waals surface area (Å²) in [6.45, 7) is 2.26. The van der Waals surface area contributed by atoms with E-state index in [1.54, 1.807) is 24.5 Å². The molecule has 2 atom stereocenters. The summed E-state index contributed by atoms with van der Waals surface area (Å²) in [5, 5.41) is 17.6. The molecule has 2 saturated heterocycles. The molecule has 0 radical (unpaired) electrons. The van der Waals surface area contributed by atoms with E-state index < -0.39 is 6.17 Å². The molecule has 0 spiro atoms. The molecule has 2 fully saturated rings. The summed E-state index contributed by atoms with van der Waals surface area (Å²) in [6.07, 6.45) is 4.93. The highest BCUT2D eigenvalue weighted by atomic mass is 35.5. The monoisotopic (exact) mass is 626 g/mol. The van der Waals surface area contributed by atoms with Crippen molar-refractivity contribution in [1.82, 2.24) is 20.1 Å². The van der Waals surface area contributed by atoms with Crippen molar-refractivity contribution in [2.45, 2.75) is 37.5 Å². The van der Waals surface area contributed by atoms with Crippen LogP contribution < -0.4 is 26.4 Å². The van der Waals surface area contributed by atoms with Gasteiger partial charge in [0.25, 0.3) is 0 Å². The van der Waals surface area contributed by atoms with E-state index in [1.165, 1.54) is 0 Å². The molecule has 4 aromatic rings. The fourth-order valence-corrected chi connectivity index (χ4v) is 7.57. The highest BCUT2D eigenvalue weighted by molar-refractivity contribution is 6.33. The van der Waals surface area contributed by atoms with Crippen LogP contribution in [0, 0.1) is 0 Å². The molecule has 9 nitrogen and oxygen atoms in total. The van der Waals surface area contributed by atoms with Crippen LogP contribution in [-0.4, -0.2) is 58.0 Å². The number of hydrogen-bond donors (Lipinski definition) is 3. The van der Waals surface area contributed by atoms with Gasteiger partial charge in [0.2, 0.25) is 0 Å². The van der Waals surface area contributed by atoms with Gasteiger partial charge >= 0.3 is 5.95 Å². The molecule has 4 aliphatic rings. The third kappa shape index (κ3) is 4.80. The maximum Gasteiger partial charge on any atom is 0.301 e. The number of nitrogens with one attached hydrogen (secondary N) is 1. The Bertz CT molecular complexity index is 2000. The quantitative estimate of drug-likeness (QED) is 0.290. The molecule has 11 heteroatoms. The molecule has 1 aromatic heterocycles. The van der Waals surface area contributed by atoms with Gasteiger partial charge in [-0.3, -0.25) is 9.89 Å². The second-order valence-electron chi connectivity index (χ2n) is 12.1. The fourth-order valence-electron chi connectivity index (χ4n) is 7.26. The van der Waals surface area contributed by atoms with Gasteiger partial charge in [0.05, 0.1) is 33.9 Å². The number of anilines is 1. The molecule has 0 bridgehead atoms. The minimum Gasteiger partial charge on any atom is -0.508 e. The number of halogens is 2. The molecule has 3 aromatic carbocycles. The lowest BCUT2D eigenvalue weighted by Crippen LogP contribution is -2.43. The summed E-state index contributed by atoms with van der Waals surface area (Å²) < 4.78 is 27.6. The SMILES string of the molecule is Nc1ncccc1CN1C=C(OC[C@@]23CCCN2C[C@H](F)C3)Oc2cc(-c3cc(O)cc4ccccc34)c(Cl)c3c2=C1NCN=3. The summed E-state index contributed by atoms with van der Waals surface area (Å²) in [5.41, 5.74) is 8.15. The van der Waals surface area contributed by atoms with E-state index in [0.29, 0.717) is 58.8 Å². The molecule has 45 heavy (non-hydrogen) atoms. The first-order valence-electron chi connectivity index (χ1n) is 15.1. The van der Waals surface area contributed by atoms with Crippen LogP contribution in [0.2, 0.25) is 5.02 Å². The predicted octanol–water partition coefficient (Wildman–Crippen LogP) is 4.38. The molecule has 4 N–H and O–H groups in total. The highest BCUT2D eigenvalue weighted by Gasteiger charge is 2.49. The molecule has 0 saturated carbocycles. The Labute approximate surface area is 264 Å². The first-order chi connectivity index (χ1) is 21.9. The summed E-state index contributed by atoms with van der Waals surface area (Å²) in [7, 11) is 0. The normalized spacial score (nSPS) is 22.2. The number of phenols is 1. The number of ether oxygens (including phenoxy) is 2. The van der Waals surface area contributed by atoms with Crippen LogP contribution >= 0.6 is 11.6 Å². The zero-order valence-corrected chi connectivity index (χ0v) is 25.2. The van der Waals surface area contributed by atoms with Gasteiger partial charge in [0.1, 0.15) is 42.6 Å². The van der Waals surface area contributed by atoms with E-state index in [2.05, 4.69) is 15.2 Å². The minimum atomic E-state index is -0.868. The fraction of sp³-hybridized carbons (Fsp3) is 0.294. The molecule has 0 unspecified atom stereocenters. The van der Waals surface area contributed by atoms with Crippen LogP contribution in [0.5, 0.6) is 11.5 Å². The van der Waals surface area contributed by atoms with Crippen molar-refractivity contribution >= 4 is 34.0 Å². The standard InChI is InChI=1S/C34H32ClFN6O3/c35-30-26(25-12-23(43)11-20-5-1-2-7-24(20)25)13-27-29-31(30)39-19-40-33(29)41(15-21-6-3-9-38-32(21)37)17-28(45-27)44-18-34-8-4-10-42(34)16-22(36)14-34/h1-3,5-7,9,11-13,17,22,40,43H,4,8,10,14-16,18-19H2,(H2,37,38)/t22-,34+/m1/s1. The Kier molecular flexibility index (Phi) is 6.72. The molecule has 4 aliphatic heterocycles. The molecular formula is C34H32ClFN6O3. The maximum absolute atomic E-state index is 14.6. The third-order valence-corrected chi connectivity index (χ3v) is 9.71. The lowest BCUT2D eigenvalue weighted by atomic mass is 9.95. The number of benzene rings is 3. The molecule has 0 amide bonds. The van der Waals surface area contributed by atoms with Crippen LogP contribution in [0.4, 0.5) is 10.2 Å². The second kappa shape index (κ2) is 10.8. The van der Waals surface area contributed by atoms with E-state index in [1.807, 2.05) is 47.4 Å². The van der Waals surface area contributed by atoms with Gasteiger partial charge in [0, 0.05) is 30.3 Å². The van der Waals surface area contributed by atoms with Crippen LogP contribution in [0.3, 0.4) is 0 Å². The number of hydrogen-bond acceptors (Lipinski definition) is 9. The van der Waals surface area contributed by atoms with E-state index >= 15 is 0 Å². The van der Waals surface area contributed by atoms with Gasteiger partial charge in [-0.25, -0.2) is 9.37 Å². The van der Waals surface area contributed by atoms with Crippen LogP contribution in [0.15, 0.2) is 77.9 Å². The van der Waals surface area contributed by atoms with Crippen LogP contribution in [0.1, 0.15) is 24.8 Å². The zero-order valence-electron chi connectivity index (χ0n) is 24.5. The number of pyridine rings is 1. The Morgan fingerprint density at radius 3 is 2.96 bits per heavy atom. The Hall–Kier alpha value is -4.54. The Morgan fingerprint density at radius 2 is 2.07 bits per heavy atom. The number of nitrogens with zero attached hydrogens (tertiary/aromatic N) is 4. The van der Waals surface area contributed by atoms with Crippen LogP contribution in [0.25, 0.3) is 27.7 Å². The number of nitrogen functional groups attached to an aromatic ring is 1. The second-order valence-corrected chi connectivity index (χ2v) is 12.5. The van der Waals surface area contributed by atoms with Gasteiger partial charge in [-0.15, -0.1) is 0 Å². The van der Waals surface area contributed by atoms with Crippen molar-refractivity contribution in [2.75, 3.05) is 32.1 Å². The number of alkyl halides is 1. The average molecular weight is 627 g/mol. The summed E-state index contributed by atoms with van der Waals surface area (Å²) in [5.74, 6) is 2.04. The minimum absolute atomic E-state index is 0.127. The van der Waals surface area contributed by atoms with Gasteiger partial charge < -0.3 is 30.5 Å². The number of rotatable bonds is 6. The smallest absolute Gasteiger partial charge is 0.301 e. The average Bonchev–Trinajstić information content (AvgIpc) is 3.51. The largest absolute Gasteiger partial charge is 0.508 e. The molecule has 5 heterocycles. The summed E-state index contributed by atoms with van der Waals surface area (Å²) in [4.78, 5) is 13.2. The van der Waals surface area contributed by atoms with E-state index in [0.717, 1.165) is 47.1 Å². The van der Waals surface area contributed by atoms with E-state index in [9.17, 15) is 9.50 Å². The number of aromatic nitrogens is 1. The van der Waals surface area contributed by atoms with E-state index in [-0.39, 0.29) is 23.9 Å². The van der Waals surface area contributed by atoms with Crippen LogP contribution in [-0.2, 0) is 11.3 Å². The molecular weight excluding hydrogens is 595 g/mol. The molecule has 0 aliphatic carbocycles. The summed E-state index contributed by atoms with van der Waals surface area (Å²) >= 11 is 7.17. The Morgan fingerprint density at radius 1 is 1.18 bits per heavy atom. The summed E-state index contributed by atoms with van der Waals surface area (Å²) in [6, 6.07) is 16.9. The van der Waals surface area contributed by atoms with Crippen molar-refractivity contribution in [1.29, 1.82) is 0 Å². The first kappa shape index (κ1) is 28.0. The third-order valence-electron chi connectivity index (χ3n) is 9.33. The van der Waals surface area contributed by atoms with Crippen molar-refractivity contribution < 1.29 is 19.0 Å². The maximum atomic E-state index is 14.6. The molecule has 8 rings (SSSR count). The van der Waals surface area contributed by atoms with Gasteiger partial charge in [0.15, 0.2) is 0 Å². The van der Waals surface area contributed by atoms with Crippen molar-refractivity contribution in [2.24, 2.45) is 4.99 Å². The van der Waals surface area contributed by atoms with Crippen molar-refractivity contribution in [3.63, 3.8) is 0 Å². The van der Waals surface area contributed by atoms with Gasteiger partial charge in [-0.2, -0.15) is 0 Å². The lowest BCUT2D eigenvalue weighted by Gasteiger charge is -2.31. The lowest BCUT2D eigenvalue weighted by molar-refractivity contribution is 0.0266. The number of phenolic OH excluding ortho intramolecular Hbond substituents is 1. The highest BCUT2D eigenvalue weighted by Crippen LogP contribution is 2.41. The predicted molar refractivity (Wildman–Crippen MR) is 170 cm³/mol. The topological polar surface area (TPSA) is 108 Å². The first-order valence-corrected chi connectivity index (χ1v) is 15.5.